The highest BCUT2D eigenvalue weighted by atomic mass is 79.9. The van der Waals surface area contributed by atoms with Crippen molar-refractivity contribution in [1.29, 1.82) is 0 Å². The number of carbonyl (C=O) groups is 2. The van der Waals surface area contributed by atoms with Crippen LogP contribution in [0.15, 0.2) is 46.9 Å². The molecule has 5 heteroatoms. The van der Waals surface area contributed by atoms with E-state index in [0.717, 1.165) is 10.9 Å². The van der Waals surface area contributed by atoms with Crippen molar-refractivity contribution in [2.24, 2.45) is 5.92 Å². The molecule has 2 aromatic carbocycles. The molecule has 24 heavy (non-hydrogen) atoms. The molecule has 0 bridgehead atoms. The maximum absolute atomic E-state index is 12.2. The number of aldehydes is 1. The second-order valence-electron chi connectivity index (χ2n) is 5.74. The smallest absolute Gasteiger partial charge is 0.343 e. The van der Waals surface area contributed by atoms with Gasteiger partial charge in [-0.25, -0.2) is 4.79 Å². The molecule has 0 atom stereocenters. The normalized spacial score (nSPS) is 10.5. The standard InChI is InChI=1S/C19H19BrO4/c1-13(2)9-10-23-17-6-3-14(4-7-17)19(22)24-18-8-5-16(20)11-15(18)12-21/h3-8,11-13H,9-10H2,1-2H3. The quantitative estimate of drug-likeness (QED) is 0.383. The first-order chi connectivity index (χ1) is 11.5. The van der Waals surface area contributed by atoms with E-state index in [1.807, 2.05) is 0 Å². The monoisotopic (exact) mass is 390 g/mol. The fourth-order valence-electron chi connectivity index (χ4n) is 1.96. The Bertz CT molecular complexity index is 708. The molecule has 0 spiro atoms. The number of hydrogen-bond donors (Lipinski definition) is 0. The Morgan fingerprint density at radius 1 is 1.17 bits per heavy atom. The van der Waals surface area contributed by atoms with Gasteiger partial charge < -0.3 is 9.47 Å². The summed E-state index contributed by atoms with van der Waals surface area (Å²) in [5, 5.41) is 0. The van der Waals surface area contributed by atoms with E-state index in [1.165, 1.54) is 0 Å². The molecule has 0 heterocycles. The topological polar surface area (TPSA) is 52.6 Å². The van der Waals surface area contributed by atoms with E-state index in [0.29, 0.717) is 35.7 Å². The first-order valence-electron chi connectivity index (χ1n) is 7.69. The number of carbonyl (C=O) groups excluding carboxylic acids is 2. The maximum Gasteiger partial charge on any atom is 0.343 e. The second kappa shape index (κ2) is 8.64. The van der Waals surface area contributed by atoms with Gasteiger partial charge in [-0.05, 0) is 54.8 Å². The number of halogens is 1. The molecular weight excluding hydrogens is 372 g/mol. The van der Waals surface area contributed by atoms with Crippen molar-refractivity contribution in [1.82, 2.24) is 0 Å². The summed E-state index contributed by atoms with van der Waals surface area (Å²) in [5.41, 5.74) is 0.706. The SMILES string of the molecule is CC(C)CCOc1ccc(C(=O)Oc2ccc(Br)cc2C=O)cc1. The van der Waals surface area contributed by atoms with Gasteiger partial charge in [0.1, 0.15) is 11.5 Å². The molecule has 0 N–H and O–H groups in total. The van der Waals surface area contributed by atoms with Gasteiger partial charge in [-0.2, -0.15) is 0 Å². The molecule has 4 nitrogen and oxygen atoms in total. The third kappa shape index (κ3) is 5.20. The molecular formula is C19H19BrO4. The lowest BCUT2D eigenvalue weighted by atomic mass is 10.1. The Hall–Kier alpha value is -2.14. The molecule has 2 rings (SSSR count). The highest BCUT2D eigenvalue weighted by molar-refractivity contribution is 9.10. The second-order valence-corrected chi connectivity index (χ2v) is 6.66. The first-order valence-corrected chi connectivity index (χ1v) is 8.48. The summed E-state index contributed by atoms with van der Waals surface area (Å²) in [6.07, 6.45) is 1.63. The van der Waals surface area contributed by atoms with Crippen molar-refractivity contribution in [2.45, 2.75) is 20.3 Å². The van der Waals surface area contributed by atoms with Gasteiger partial charge >= 0.3 is 5.97 Å². The van der Waals surface area contributed by atoms with E-state index in [-0.39, 0.29) is 5.75 Å². The number of ether oxygens (including phenoxy) is 2. The van der Waals surface area contributed by atoms with Crippen LogP contribution in [-0.2, 0) is 0 Å². The number of benzene rings is 2. The molecule has 0 amide bonds. The maximum atomic E-state index is 12.2. The van der Waals surface area contributed by atoms with Crippen LogP contribution in [0.5, 0.6) is 11.5 Å². The molecule has 0 aliphatic rings. The Morgan fingerprint density at radius 2 is 1.88 bits per heavy atom. The molecule has 0 aliphatic heterocycles. The van der Waals surface area contributed by atoms with Crippen LogP contribution in [-0.4, -0.2) is 18.9 Å². The minimum atomic E-state index is -0.519. The Balaban J connectivity index is 2.01. The largest absolute Gasteiger partial charge is 0.494 e. The van der Waals surface area contributed by atoms with Crippen LogP contribution in [0.3, 0.4) is 0 Å². The van der Waals surface area contributed by atoms with Crippen molar-refractivity contribution in [3.63, 3.8) is 0 Å². The van der Waals surface area contributed by atoms with E-state index in [9.17, 15) is 9.59 Å². The molecule has 0 saturated heterocycles. The minimum absolute atomic E-state index is 0.232. The van der Waals surface area contributed by atoms with Crippen LogP contribution in [0.2, 0.25) is 0 Å². The molecule has 0 radical (unpaired) electrons. The number of esters is 1. The van der Waals surface area contributed by atoms with Crippen molar-refractivity contribution < 1.29 is 19.1 Å². The summed E-state index contributed by atoms with van der Waals surface area (Å²) >= 11 is 3.27. The third-order valence-electron chi connectivity index (χ3n) is 3.36. The van der Waals surface area contributed by atoms with E-state index in [4.69, 9.17) is 9.47 Å². The Labute approximate surface area is 149 Å². The van der Waals surface area contributed by atoms with Gasteiger partial charge in [0.25, 0.3) is 0 Å². The minimum Gasteiger partial charge on any atom is -0.494 e. The van der Waals surface area contributed by atoms with Crippen molar-refractivity contribution in [2.75, 3.05) is 6.61 Å². The van der Waals surface area contributed by atoms with Gasteiger partial charge in [-0.3, -0.25) is 4.79 Å². The van der Waals surface area contributed by atoms with E-state index in [1.54, 1.807) is 42.5 Å². The fourth-order valence-corrected chi connectivity index (χ4v) is 2.34. The van der Waals surface area contributed by atoms with Crippen molar-refractivity contribution in [3.05, 3.63) is 58.1 Å². The molecule has 0 aromatic heterocycles. The van der Waals surface area contributed by atoms with Crippen LogP contribution in [0.25, 0.3) is 0 Å². The average Bonchev–Trinajstić information content (AvgIpc) is 2.56. The van der Waals surface area contributed by atoms with E-state index in [2.05, 4.69) is 29.8 Å². The Kier molecular flexibility index (Phi) is 6.55. The third-order valence-corrected chi connectivity index (χ3v) is 3.85. The lowest BCUT2D eigenvalue weighted by Gasteiger charge is -2.09. The molecule has 126 valence electrons. The highest BCUT2D eigenvalue weighted by Crippen LogP contribution is 2.23. The van der Waals surface area contributed by atoms with Crippen LogP contribution in [0, 0.1) is 5.92 Å². The molecule has 0 unspecified atom stereocenters. The van der Waals surface area contributed by atoms with Crippen molar-refractivity contribution >= 4 is 28.2 Å². The predicted molar refractivity (Wildman–Crippen MR) is 95.9 cm³/mol. The fraction of sp³-hybridized carbons (Fsp3) is 0.263. The number of hydrogen-bond acceptors (Lipinski definition) is 4. The van der Waals surface area contributed by atoms with Gasteiger partial charge in [0, 0.05) is 4.47 Å². The summed E-state index contributed by atoms with van der Waals surface area (Å²) in [6, 6.07) is 11.6. The molecule has 0 fully saturated rings. The zero-order valence-electron chi connectivity index (χ0n) is 13.6. The summed E-state index contributed by atoms with van der Waals surface area (Å²) < 4.78 is 11.7. The summed E-state index contributed by atoms with van der Waals surface area (Å²) in [5.74, 6) is 1.01. The first kappa shape index (κ1) is 18.2. The van der Waals surface area contributed by atoms with Gasteiger partial charge in [-0.15, -0.1) is 0 Å². The van der Waals surface area contributed by atoms with Gasteiger partial charge in [-0.1, -0.05) is 29.8 Å². The van der Waals surface area contributed by atoms with Gasteiger partial charge in [0.05, 0.1) is 17.7 Å². The summed E-state index contributed by atoms with van der Waals surface area (Å²) in [7, 11) is 0. The Morgan fingerprint density at radius 3 is 2.50 bits per heavy atom. The van der Waals surface area contributed by atoms with Crippen LogP contribution >= 0.6 is 15.9 Å². The lowest BCUT2D eigenvalue weighted by Crippen LogP contribution is -2.10. The molecule has 0 saturated carbocycles. The predicted octanol–water partition coefficient (Wildman–Crippen LogP) is 4.91. The van der Waals surface area contributed by atoms with E-state index < -0.39 is 5.97 Å². The summed E-state index contributed by atoms with van der Waals surface area (Å²) in [4.78, 5) is 23.3. The number of rotatable bonds is 7. The van der Waals surface area contributed by atoms with Crippen LogP contribution in [0.4, 0.5) is 0 Å². The lowest BCUT2D eigenvalue weighted by molar-refractivity contribution is 0.0733. The van der Waals surface area contributed by atoms with E-state index >= 15 is 0 Å². The zero-order chi connectivity index (χ0) is 17.5. The zero-order valence-corrected chi connectivity index (χ0v) is 15.2. The highest BCUT2D eigenvalue weighted by Gasteiger charge is 2.12. The van der Waals surface area contributed by atoms with Crippen LogP contribution < -0.4 is 9.47 Å². The molecule has 0 aliphatic carbocycles. The van der Waals surface area contributed by atoms with Crippen molar-refractivity contribution in [3.8, 4) is 11.5 Å². The summed E-state index contributed by atoms with van der Waals surface area (Å²) in [6.45, 7) is 4.92. The van der Waals surface area contributed by atoms with Gasteiger partial charge in [0.15, 0.2) is 6.29 Å². The average molecular weight is 391 g/mol. The molecule has 2 aromatic rings. The van der Waals surface area contributed by atoms with Crippen LogP contribution in [0.1, 0.15) is 41.0 Å². The van der Waals surface area contributed by atoms with Gasteiger partial charge in [0.2, 0.25) is 0 Å².